The van der Waals surface area contributed by atoms with Crippen LogP contribution in [-0.4, -0.2) is 41.5 Å². The van der Waals surface area contributed by atoms with Crippen molar-refractivity contribution in [2.75, 3.05) is 19.6 Å². The molecule has 1 unspecified atom stereocenters. The number of hydrogen-bond donors (Lipinski definition) is 2. The summed E-state index contributed by atoms with van der Waals surface area (Å²) in [7, 11) is 0. The lowest BCUT2D eigenvalue weighted by Gasteiger charge is -2.21. The molecule has 0 radical (unpaired) electrons. The van der Waals surface area contributed by atoms with E-state index in [1.165, 1.54) is 18.9 Å². The molecule has 1 aliphatic heterocycles. The van der Waals surface area contributed by atoms with Crippen molar-refractivity contribution in [1.82, 2.24) is 15.2 Å². The molecule has 1 fully saturated rings. The number of amides is 1. The first kappa shape index (κ1) is 12.8. The first-order valence-electron chi connectivity index (χ1n) is 6.38. The number of rotatable bonds is 4. The van der Waals surface area contributed by atoms with Crippen LogP contribution in [0.3, 0.4) is 0 Å². The Morgan fingerprint density at radius 2 is 2.17 bits per heavy atom. The largest absolute Gasteiger partial charge is 0.347 e. The van der Waals surface area contributed by atoms with Gasteiger partial charge in [0.1, 0.15) is 5.69 Å². The van der Waals surface area contributed by atoms with Gasteiger partial charge in [-0.15, -0.1) is 0 Å². The van der Waals surface area contributed by atoms with Crippen LogP contribution in [-0.2, 0) is 0 Å². The molecule has 1 aromatic heterocycles. The molecule has 0 aliphatic carbocycles. The molecule has 0 saturated carbocycles. The molecule has 1 saturated heterocycles. The van der Waals surface area contributed by atoms with E-state index in [-0.39, 0.29) is 17.5 Å². The summed E-state index contributed by atoms with van der Waals surface area (Å²) in [5, 5.41) is 2.90. The molecular formula is C13H19N3O2. The first-order chi connectivity index (χ1) is 8.65. The molecule has 0 bridgehead atoms. The minimum absolute atomic E-state index is 0.0827. The van der Waals surface area contributed by atoms with Crippen LogP contribution in [0.1, 0.15) is 30.3 Å². The summed E-state index contributed by atoms with van der Waals surface area (Å²) < 4.78 is 0. The van der Waals surface area contributed by atoms with Crippen LogP contribution in [0.25, 0.3) is 0 Å². The molecule has 2 rings (SSSR count). The zero-order valence-electron chi connectivity index (χ0n) is 10.6. The predicted molar refractivity (Wildman–Crippen MR) is 69.7 cm³/mol. The van der Waals surface area contributed by atoms with Crippen molar-refractivity contribution in [3.63, 3.8) is 0 Å². The van der Waals surface area contributed by atoms with Crippen LogP contribution < -0.4 is 10.9 Å². The maximum absolute atomic E-state index is 11.9. The summed E-state index contributed by atoms with van der Waals surface area (Å²) in [5.41, 5.74) is 0.0608. The molecule has 5 heteroatoms. The maximum Gasteiger partial charge on any atom is 0.268 e. The van der Waals surface area contributed by atoms with Crippen molar-refractivity contribution in [2.45, 2.75) is 25.8 Å². The van der Waals surface area contributed by atoms with Gasteiger partial charge in [-0.2, -0.15) is 0 Å². The Bertz CT molecular complexity index is 463. The van der Waals surface area contributed by atoms with Gasteiger partial charge >= 0.3 is 0 Å². The fourth-order valence-electron chi connectivity index (χ4n) is 2.28. The Kier molecular flexibility index (Phi) is 4.15. The molecule has 2 heterocycles. The second-order valence-electron chi connectivity index (χ2n) is 4.81. The highest BCUT2D eigenvalue weighted by molar-refractivity contribution is 5.92. The predicted octanol–water partition coefficient (Wildman–Crippen LogP) is 0.589. The van der Waals surface area contributed by atoms with Crippen molar-refractivity contribution in [2.24, 2.45) is 0 Å². The fraction of sp³-hybridized carbons (Fsp3) is 0.538. The van der Waals surface area contributed by atoms with Crippen molar-refractivity contribution in [3.05, 3.63) is 34.2 Å². The van der Waals surface area contributed by atoms with Gasteiger partial charge in [-0.25, -0.2) is 0 Å². The van der Waals surface area contributed by atoms with E-state index in [0.717, 1.165) is 19.6 Å². The molecule has 0 spiro atoms. The van der Waals surface area contributed by atoms with Crippen LogP contribution in [0.15, 0.2) is 23.0 Å². The number of H-pyrrole nitrogens is 1. The number of carbonyl (C=O) groups excluding carboxylic acids is 1. The lowest BCUT2D eigenvalue weighted by molar-refractivity contribution is 0.0926. The summed E-state index contributed by atoms with van der Waals surface area (Å²) in [6.45, 7) is 5.07. The molecule has 1 amide bonds. The smallest absolute Gasteiger partial charge is 0.268 e. The third kappa shape index (κ3) is 3.43. The third-order valence-corrected chi connectivity index (χ3v) is 3.12. The van der Waals surface area contributed by atoms with Gasteiger partial charge in [0.2, 0.25) is 5.56 Å². The molecule has 18 heavy (non-hydrogen) atoms. The summed E-state index contributed by atoms with van der Waals surface area (Å²) >= 11 is 0. The van der Waals surface area contributed by atoms with Crippen molar-refractivity contribution < 1.29 is 4.79 Å². The van der Waals surface area contributed by atoms with Gasteiger partial charge in [0.05, 0.1) is 0 Å². The lowest BCUT2D eigenvalue weighted by atomic mass is 10.2. The fourth-order valence-corrected chi connectivity index (χ4v) is 2.28. The van der Waals surface area contributed by atoms with E-state index < -0.39 is 0 Å². The van der Waals surface area contributed by atoms with E-state index in [1.807, 2.05) is 6.92 Å². The van der Waals surface area contributed by atoms with E-state index in [1.54, 1.807) is 12.1 Å². The summed E-state index contributed by atoms with van der Waals surface area (Å²) in [4.78, 5) is 27.9. The standard InChI is InChI=1S/C13H19N3O2/c1-10(9-16-7-2-3-8-16)14-13(18)11-5-4-6-12(17)15-11/h4-6,10H,2-3,7-9H2,1H3,(H,14,18)(H,15,17). The monoisotopic (exact) mass is 249 g/mol. The number of pyridine rings is 1. The molecule has 1 aliphatic rings. The van der Waals surface area contributed by atoms with Gasteiger partial charge in [-0.1, -0.05) is 6.07 Å². The average Bonchev–Trinajstić information content (AvgIpc) is 2.81. The van der Waals surface area contributed by atoms with Gasteiger partial charge in [0, 0.05) is 18.7 Å². The summed E-state index contributed by atoms with van der Waals surface area (Å²) in [5.74, 6) is -0.223. The van der Waals surface area contributed by atoms with Crippen LogP contribution in [0.5, 0.6) is 0 Å². The number of aromatic nitrogens is 1. The Morgan fingerprint density at radius 3 is 2.83 bits per heavy atom. The summed E-state index contributed by atoms with van der Waals surface area (Å²) in [6.07, 6.45) is 2.49. The Balaban J connectivity index is 1.88. The van der Waals surface area contributed by atoms with Gasteiger partial charge in [-0.3, -0.25) is 9.59 Å². The lowest BCUT2D eigenvalue weighted by Crippen LogP contribution is -2.41. The quantitative estimate of drug-likeness (QED) is 0.820. The van der Waals surface area contributed by atoms with Crippen LogP contribution >= 0.6 is 0 Å². The number of hydrogen-bond acceptors (Lipinski definition) is 3. The SMILES string of the molecule is CC(CN1CCCC1)NC(=O)c1cccc(=O)[nH]1. The van der Waals surface area contributed by atoms with Crippen molar-refractivity contribution in [3.8, 4) is 0 Å². The van der Waals surface area contributed by atoms with E-state index in [0.29, 0.717) is 5.69 Å². The van der Waals surface area contributed by atoms with E-state index in [4.69, 9.17) is 0 Å². The van der Waals surface area contributed by atoms with E-state index in [2.05, 4.69) is 15.2 Å². The number of nitrogens with zero attached hydrogens (tertiary/aromatic N) is 1. The second kappa shape index (κ2) is 5.82. The highest BCUT2D eigenvalue weighted by atomic mass is 16.2. The normalized spacial score (nSPS) is 17.6. The summed E-state index contributed by atoms with van der Waals surface area (Å²) in [6, 6.07) is 4.67. The van der Waals surface area contributed by atoms with Crippen molar-refractivity contribution in [1.29, 1.82) is 0 Å². The van der Waals surface area contributed by atoms with Gasteiger partial charge in [0.25, 0.3) is 5.91 Å². The third-order valence-electron chi connectivity index (χ3n) is 3.12. The number of carbonyl (C=O) groups is 1. The van der Waals surface area contributed by atoms with Crippen LogP contribution in [0.4, 0.5) is 0 Å². The highest BCUT2D eigenvalue weighted by Crippen LogP contribution is 2.07. The number of nitrogens with one attached hydrogen (secondary N) is 2. The zero-order chi connectivity index (χ0) is 13.0. The molecule has 98 valence electrons. The Labute approximate surface area is 106 Å². The minimum atomic E-state index is -0.255. The van der Waals surface area contributed by atoms with Crippen LogP contribution in [0.2, 0.25) is 0 Å². The minimum Gasteiger partial charge on any atom is -0.347 e. The Morgan fingerprint density at radius 1 is 1.44 bits per heavy atom. The molecule has 1 aromatic rings. The molecular weight excluding hydrogens is 230 g/mol. The number of likely N-dealkylation sites (tertiary alicyclic amines) is 1. The van der Waals surface area contributed by atoms with E-state index >= 15 is 0 Å². The Hall–Kier alpha value is -1.62. The van der Waals surface area contributed by atoms with Crippen LogP contribution in [0, 0.1) is 0 Å². The first-order valence-corrected chi connectivity index (χ1v) is 6.38. The van der Waals surface area contributed by atoms with Gasteiger partial charge in [0.15, 0.2) is 0 Å². The van der Waals surface area contributed by atoms with E-state index in [9.17, 15) is 9.59 Å². The molecule has 2 N–H and O–H groups in total. The highest BCUT2D eigenvalue weighted by Gasteiger charge is 2.16. The van der Waals surface area contributed by atoms with Crippen molar-refractivity contribution >= 4 is 5.91 Å². The maximum atomic E-state index is 11.9. The number of aromatic amines is 1. The second-order valence-corrected chi connectivity index (χ2v) is 4.81. The zero-order valence-corrected chi connectivity index (χ0v) is 10.6. The van der Waals surface area contributed by atoms with Gasteiger partial charge in [-0.05, 0) is 38.9 Å². The molecule has 1 atom stereocenters. The molecule has 5 nitrogen and oxygen atoms in total. The average molecular weight is 249 g/mol. The van der Waals surface area contributed by atoms with Gasteiger partial charge < -0.3 is 15.2 Å². The topological polar surface area (TPSA) is 65.2 Å². The molecule has 0 aromatic carbocycles.